The van der Waals surface area contributed by atoms with Crippen molar-refractivity contribution in [3.63, 3.8) is 0 Å². The lowest BCUT2D eigenvalue weighted by atomic mass is 9.70. The summed E-state index contributed by atoms with van der Waals surface area (Å²) in [5.74, 6) is 2.77. The van der Waals surface area contributed by atoms with Gasteiger partial charge in [-0.15, -0.1) is 0 Å². The molecular weight excluding hydrogens is 250 g/mol. The Morgan fingerprint density at radius 2 is 1.85 bits per heavy atom. The van der Waals surface area contributed by atoms with Crippen molar-refractivity contribution in [3.8, 4) is 0 Å². The fourth-order valence-corrected chi connectivity index (χ4v) is 2.98. The molecule has 1 fully saturated rings. The molecule has 0 atom stereocenters. The van der Waals surface area contributed by atoms with Crippen LogP contribution in [0.5, 0.6) is 0 Å². The van der Waals surface area contributed by atoms with E-state index in [4.69, 9.17) is 4.52 Å². The third-order valence-corrected chi connectivity index (χ3v) is 4.42. The van der Waals surface area contributed by atoms with Crippen LogP contribution in [0.25, 0.3) is 0 Å². The summed E-state index contributed by atoms with van der Waals surface area (Å²) in [5.41, 5.74) is 0.423. The molecule has 0 amide bonds. The molecule has 0 spiro atoms. The van der Waals surface area contributed by atoms with Crippen LogP contribution in [-0.2, 0) is 0 Å². The molecule has 1 saturated carbocycles. The summed E-state index contributed by atoms with van der Waals surface area (Å²) in [6, 6.07) is 0.576. The highest BCUT2D eigenvalue weighted by molar-refractivity contribution is 5.19. The first kappa shape index (κ1) is 15.3. The van der Waals surface area contributed by atoms with Crippen LogP contribution in [0.4, 0.5) is 6.01 Å². The first-order chi connectivity index (χ1) is 9.36. The number of hydrogen-bond donors (Lipinski definition) is 1. The van der Waals surface area contributed by atoms with Gasteiger partial charge in [-0.3, -0.25) is 0 Å². The van der Waals surface area contributed by atoms with Gasteiger partial charge < -0.3 is 9.84 Å². The molecule has 1 aromatic heterocycles. The quantitative estimate of drug-likeness (QED) is 0.884. The van der Waals surface area contributed by atoms with Crippen molar-refractivity contribution in [1.29, 1.82) is 0 Å². The topological polar surface area (TPSA) is 51.0 Å². The molecule has 0 bridgehead atoms. The Morgan fingerprint density at radius 3 is 2.40 bits per heavy atom. The van der Waals surface area contributed by atoms with Gasteiger partial charge in [0.2, 0.25) is 0 Å². The van der Waals surface area contributed by atoms with E-state index in [1.807, 2.05) is 0 Å². The molecule has 1 aliphatic rings. The molecule has 1 N–H and O–H groups in total. The number of nitrogens with one attached hydrogen (secondary N) is 1. The number of hydrogen-bond acceptors (Lipinski definition) is 4. The van der Waals surface area contributed by atoms with Crippen LogP contribution in [-0.4, -0.2) is 16.7 Å². The average Bonchev–Trinajstić information content (AvgIpc) is 2.84. The van der Waals surface area contributed by atoms with Gasteiger partial charge >= 0.3 is 6.01 Å². The molecule has 0 saturated heterocycles. The van der Waals surface area contributed by atoms with Crippen LogP contribution in [0.15, 0.2) is 4.52 Å². The summed E-state index contributed by atoms with van der Waals surface area (Å²) in [6.07, 6.45) is 4.92. The molecule has 1 heterocycles. The average molecular weight is 279 g/mol. The second-order valence-corrected chi connectivity index (χ2v) is 7.65. The van der Waals surface area contributed by atoms with Crippen molar-refractivity contribution in [2.45, 2.75) is 66.2 Å². The van der Waals surface area contributed by atoms with Gasteiger partial charge in [0.05, 0.1) is 0 Å². The largest absolute Gasteiger partial charge is 0.338 e. The van der Waals surface area contributed by atoms with Crippen molar-refractivity contribution in [1.82, 2.24) is 10.1 Å². The number of rotatable bonds is 4. The molecule has 2 rings (SSSR count). The first-order valence-electron chi connectivity index (χ1n) is 7.93. The lowest BCUT2D eigenvalue weighted by Gasteiger charge is -2.36. The third-order valence-electron chi connectivity index (χ3n) is 4.42. The first-order valence-corrected chi connectivity index (χ1v) is 7.93. The smallest absolute Gasteiger partial charge is 0.321 e. The highest BCUT2D eigenvalue weighted by Gasteiger charge is 2.31. The predicted molar refractivity (Wildman–Crippen MR) is 81.8 cm³/mol. The molecule has 1 aliphatic carbocycles. The molecule has 0 aliphatic heterocycles. The van der Waals surface area contributed by atoms with E-state index in [0.717, 1.165) is 18.3 Å². The Balaban J connectivity index is 1.88. The highest BCUT2D eigenvalue weighted by Crippen LogP contribution is 2.42. The van der Waals surface area contributed by atoms with Crippen LogP contribution in [0.3, 0.4) is 0 Å². The summed E-state index contributed by atoms with van der Waals surface area (Å²) in [7, 11) is 0. The summed E-state index contributed by atoms with van der Waals surface area (Å²) in [6.45, 7) is 12.2. The minimum atomic E-state index is 0.423. The van der Waals surface area contributed by atoms with Crippen LogP contribution in [0.1, 0.15) is 72.0 Å². The summed E-state index contributed by atoms with van der Waals surface area (Å²) in [4.78, 5) is 4.50. The second-order valence-electron chi connectivity index (χ2n) is 7.65. The van der Waals surface area contributed by atoms with Gasteiger partial charge in [-0.25, -0.2) is 0 Å². The van der Waals surface area contributed by atoms with E-state index in [2.05, 4.69) is 50.1 Å². The van der Waals surface area contributed by atoms with E-state index >= 15 is 0 Å². The maximum absolute atomic E-state index is 5.29. The molecule has 4 heteroatoms. The van der Waals surface area contributed by atoms with E-state index in [9.17, 15) is 0 Å². The summed E-state index contributed by atoms with van der Waals surface area (Å²) < 4.78 is 5.29. The van der Waals surface area contributed by atoms with Gasteiger partial charge in [-0.05, 0) is 42.9 Å². The lowest BCUT2D eigenvalue weighted by Crippen LogP contribution is -2.25. The van der Waals surface area contributed by atoms with Gasteiger partial charge in [0, 0.05) is 12.5 Å². The van der Waals surface area contributed by atoms with Gasteiger partial charge in [0.15, 0.2) is 5.82 Å². The van der Waals surface area contributed by atoms with Crippen LogP contribution >= 0.6 is 0 Å². The zero-order valence-corrected chi connectivity index (χ0v) is 13.6. The van der Waals surface area contributed by atoms with Crippen molar-refractivity contribution in [3.05, 3.63) is 5.82 Å². The second kappa shape index (κ2) is 6.15. The van der Waals surface area contributed by atoms with Gasteiger partial charge in [0.25, 0.3) is 0 Å². The van der Waals surface area contributed by atoms with Crippen LogP contribution in [0, 0.1) is 17.3 Å². The maximum Gasteiger partial charge on any atom is 0.321 e. The summed E-state index contributed by atoms with van der Waals surface area (Å²) >= 11 is 0. The zero-order valence-electron chi connectivity index (χ0n) is 13.6. The van der Waals surface area contributed by atoms with E-state index < -0.39 is 0 Å². The lowest BCUT2D eigenvalue weighted by molar-refractivity contribution is 0.166. The highest BCUT2D eigenvalue weighted by atomic mass is 16.5. The van der Waals surface area contributed by atoms with Crippen molar-refractivity contribution >= 4 is 6.01 Å². The zero-order chi connectivity index (χ0) is 14.8. The number of aromatic nitrogens is 2. The molecule has 0 aromatic carbocycles. The van der Waals surface area contributed by atoms with Crippen molar-refractivity contribution in [2.75, 3.05) is 11.9 Å². The fourth-order valence-electron chi connectivity index (χ4n) is 2.98. The Hall–Kier alpha value is -1.06. The van der Waals surface area contributed by atoms with Crippen LogP contribution in [0.2, 0.25) is 0 Å². The SMILES string of the molecule is CC(C)CNc1nc(C2CCC(C(C)(C)C)CC2)no1. The molecule has 114 valence electrons. The third kappa shape index (κ3) is 3.97. The van der Waals surface area contributed by atoms with E-state index in [0.29, 0.717) is 23.3 Å². The van der Waals surface area contributed by atoms with E-state index in [1.54, 1.807) is 0 Å². The van der Waals surface area contributed by atoms with E-state index in [1.165, 1.54) is 25.7 Å². The monoisotopic (exact) mass is 279 g/mol. The number of nitrogens with zero attached hydrogens (tertiary/aromatic N) is 2. The molecule has 0 unspecified atom stereocenters. The maximum atomic E-state index is 5.29. The Bertz CT molecular complexity index is 412. The predicted octanol–water partition coefficient (Wildman–Crippen LogP) is 4.46. The normalized spacial score (nSPS) is 24.1. The molecule has 4 nitrogen and oxygen atoms in total. The molecule has 20 heavy (non-hydrogen) atoms. The van der Waals surface area contributed by atoms with E-state index in [-0.39, 0.29) is 0 Å². The van der Waals surface area contributed by atoms with Gasteiger partial charge in [0.1, 0.15) is 0 Å². The number of anilines is 1. The Kier molecular flexibility index (Phi) is 4.71. The fraction of sp³-hybridized carbons (Fsp3) is 0.875. The van der Waals surface area contributed by atoms with Gasteiger partial charge in [-0.2, -0.15) is 4.98 Å². The van der Waals surface area contributed by atoms with Gasteiger partial charge in [-0.1, -0.05) is 39.8 Å². The Morgan fingerprint density at radius 1 is 1.20 bits per heavy atom. The van der Waals surface area contributed by atoms with Crippen LogP contribution < -0.4 is 5.32 Å². The molecule has 1 aromatic rings. The minimum Gasteiger partial charge on any atom is -0.338 e. The molecular formula is C16H29N3O. The Labute approximate surface area is 122 Å². The standard InChI is InChI=1S/C16H29N3O/c1-11(2)10-17-15-18-14(19-20-15)12-6-8-13(9-7-12)16(3,4)5/h11-13H,6-10H2,1-5H3,(H,17,18,19). The molecule has 0 radical (unpaired) electrons. The minimum absolute atomic E-state index is 0.423. The summed E-state index contributed by atoms with van der Waals surface area (Å²) in [5, 5.41) is 7.35. The van der Waals surface area contributed by atoms with Crippen molar-refractivity contribution < 1.29 is 4.52 Å². The van der Waals surface area contributed by atoms with Crippen molar-refractivity contribution in [2.24, 2.45) is 17.3 Å².